The Balaban J connectivity index is 1.77. The van der Waals surface area contributed by atoms with Gasteiger partial charge in [0.05, 0.1) is 6.20 Å². The van der Waals surface area contributed by atoms with E-state index in [2.05, 4.69) is 21.0 Å². The minimum absolute atomic E-state index is 0.207. The van der Waals surface area contributed by atoms with Crippen molar-refractivity contribution in [2.24, 2.45) is 7.05 Å². The standard InChI is InChI=1S/C16H20FN5O2/c1-18-14(12-9-21-22(2)10-12)16(24)20-8-7-19-15(23)11-3-5-13(17)6-4-11/h3-6,9-10,14,18H,7-8H2,1-2H3,(H,19,23)(H,20,24). The number of rotatable bonds is 7. The van der Waals surface area contributed by atoms with E-state index in [0.29, 0.717) is 5.56 Å². The van der Waals surface area contributed by atoms with E-state index in [1.807, 2.05) is 0 Å². The van der Waals surface area contributed by atoms with Gasteiger partial charge in [0.25, 0.3) is 5.91 Å². The fourth-order valence-corrected chi connectivity index (χ4v) is 2.21. The van der Waals surface area contributed by atoms with Crippen molar-refractivity contribution in [2.75, 3.05) is 20.1 Å². The van der Waals surface area contributed by atoms with Crippen LogP contribution in [0, 0.1) is 5.82 Å². The summed E-state index contributed by atoms with van der Waals surface area (Å²) in [4.78, 5) is 24.0. The van der Waals surface area contributed by atoms with Crippen LogP contribution in [0.25, 0.3) is 0 Å². The Bertz CT molecular complexity index is 699. The second-order valence-corrected chi connectivity index (χ2v) is 5.22. The Morgan fingerprint density at radius 3 is 2.46 bits per heavy atom. The molecule has 2 rings (SSSR count). The number of nitrogens with zero attached hydrogens (tertiary/aromatic N) is 2. The van der Waals surface area contributed by atoms with E-state index < -0.39 is 11.9 Å². The van der Waals surface area contributed by atoms with Gasteiger partial charge in [0.1, 0.15) is 11.9 Å². The van der Waals surface area contributed by atoms with Gasteiger partial charge in [-0.25, -0.2) is 4.39 Å². The number of aromatic nitrogens is 2. The second-order valence-electron chi connectivity index (χ2n) is 5.22. The number of benzene rings is 1. The molecule has 0 fully saturated rings. The molecule has 0 bridgehead atoms. The molecule has 1 aromatic carbocycles. The van der Waals surface area contributed by atoms with Crippen LogP contribution in [0.4, 0.5) is 4.39 Å². The van der Waals surface area contributed by atoms with Crippen molar-refractivity contribution < 1.29 is 14.0 Å². The summed E-state index contributed by atoms with van der Waals surface area (Å²) in [5.41, 5.74) is 1.12. The number of hydrogen-bond acceptors (Lipinski definition) is 4. The number of likely N-dealkylation sites (N-methyl/N-ethyl adjacent to an activating group) is 1. The summed E-state index contributed by atoms with van der Waals surface area (Å²) in [6.45, 7) is 0.551. The normalized spacial score (nSPS) is 11.8. The number of carbonyl (C=O) groups is 2. The van der Waals surface area contributed by atoms with E-state index >= 15 is 0 Å². The summed E-state index contributed by atoms with van der Waals surface area (Å²) >= 11 is 0. The van der Waals surface area contributed by atoms with E-state index in [4.69, 9.17) is 0 Å². The Labute approximate surface area is 139 Å². The lowest BCUT2D eigenvalue weighted by Crippen LogP contribution is -2.40. The third-order valence-corrected chi connectivity index (χ3v) is 3.43. The fourth-order valence-electron chi connectivity index (χ4n) is 2.21. The molecule has 1 atom stereocenters. The van der Waals surface area contributed by atoms with Gasteiger partial charge in [-0.3, -0.25) is 14.3 Å². The lowest BCUT2D eigenvalue weighted by Gasteiger charge is -2.14. The van der Waals surface area contributed by atoms with Gasteiger partial charge in [0.15, 0.2) is 0 Å². The largest absolute Gasteiger partial charge is 0.353 e. The molecule has 0 aliphatic rings. The maximum atomic E-state index is 12.8. The highest BCUT2D eigenvalue weighted by molar-refractivity contribution is 5.94. The highest BCUT2D eigenvalue weighted by Gasteiger charge is 2.19. The molecule has 0 saturated carbocycles. The van der Waals surface area contributed by atoms with Crippen LogP contribution in [0.3, 0.4) is 0 Å². The molecule has 128 valence electrons. The number of halogens is 1. The molecule has 24 heavy (non-hydrogen) atoms. The van der Waals surface area contributed by atoms with Gasteiger partial charge in [-0.15, -0.1) is 0 Å². The Kier molecular flexibility index (Phi) is 6.02. The Morgan fingerprint density at radius 2 is 1.88 bits per heavy atom. The molecule has 0 saturated heterocycles. The maximum absolute atomic E-state index is 12.8. The number of hydrogen-bond donors (Lipinski definition) is 3. The first kappa shape index (κ1) is 17.6. The Morgan fingerprint density at radius 1 is 1.21 bits per heavy atom. The molecule has 1 unspecified atom stereocenters. The minimum Gasteiger partial charge on any atom is -0.353 e. The topological polar surface area (TPSA) is 88.1 Å². The molecule has 2 amide bonds. The molecule has 7 nitrogen and oxygen atoms in total. The zero-order valence-corrected chi connectivity index (χ0v) is 13.5. The second kappa shape index (κ2) is 8.21. The molecule has 1 heterocycles. The van der Waals surface area contributed by atoms with Crippen molar-refractivity contribution in [3.05, 3.63) is 53.6 Å². The zero-order valence-electron chi connectivity index (χ0n) is 13.5. The molecule has 1 aromatic heterocycles. The predicted octanol–water partition coefficient (Wildman–Crippen LogP) is 0.366. The summed E-state index contributed by atoms with van der Waals surface area (Å²) in [6.07, 6.45) is 3.38. The average Bonchev–Trinajstić information content (AvgIpc) is 2.99. The molecular formula is C16H20FN5O2. The van der Waals surface area contributed by atoms with Gasteiger partial charge in [-0.1, -0.05) is 0 Å². The van der Waals surface area contributed by atoms with Gasteiger partial charge < -0.3 is 16.0 Å². The SMILES string of the molecule is CNC(C(=O)NCCNC(=O)c1ccc(F)cc1)c1cnn(C)c1. The monoisotopic (exact) mass is 333 g/mol. The maximum Gasteiger partial charge on any atom is 0.251 e. The van der Waals surface area contributed by atoms with E-state index in [0.717, 1.165) is 5.56 Å². The van der Waals surface area contributed by atoms with E-state index in [1.165, 1.54) is 24.3 Å². The van der Waals surface area contributed by atoms with Crippen molar-refractivity contribution in [1.29, 1.82) is 0 Å². The number of amides is 2. The van der Waals surface area contributed by atoms with E-state index in [9.17, 15) is 14.0 Å². The van der Waals surface area contributed by atoms with Gasteiger partial charge >= 0.3 is 0 Å². The van der Waals surface area contributed by atoms with Crippen LogP contribution in [0.2, 0.25) is 0 Å². The van der Waals surface area contributed by atoms with Gasteiger partial charge in [0, 0.05) is 37.5 Å². The van der Waals surface area contributed by atoms with Crippen LogP contribution in [-0.4, -0.2) is 41.7 Å². The lowest BCUT2D eigenvalue weighted by molar-refractivity contribution is -0.123. The van der Waals surface area contributed by atoms with Crippen LogP contribution in [-0.2, 0) is 11.8 Å². The molecule has 0 radical (unpaired) electrons. The first-order chi connectivity index (χ1) is 11.5. The quantitative estimate of drug-likeness (QED) is 0.639. The molecule has 8 heteroatoms. The van der Waals surface area contributed by atoms with E-state index in [-0.39, 0.29) is 24.9 Å². The number of nitrogens with one attached hydrogen (secondary N) is 3. The van der Waals surface area contributed by atoms with Crippen molar-refractivity contribution in [3.8, 4) is 0 Å². The summed E-state index contributed by atoms with van der Waals surface area (Å²) in [5.74, 6) is -0.921. The smallest absolute Gasteiger partial charge is 0.251 e. The van der Waals surface area contributed by atoms with Crippen LogP contribution < -0.4 is 16.0 Å². The van der Waals surface area contributed by atoms with Crippen LogP contribution in [0.1, 0.15) is 22.0 Å². The first-order valence-corrected chi connectivity index (χ1v) is 7.48. The summed E-state index contributed by atoms with van der Waals surface area (Å²) in [7, 11) is 3.46. The summed E-state index contributed by atoms with van der Waals surface area (Å²) in [6, 6.07) is 4.75. The van der Waals surface area contributed by atoms with Crippen LogP contribution in [0.5, 0.6) is 0 Å². The van der Waals surface area contributed by atoms with Gasteiger partial charge in [-0.2, -0.15) is 5.10 Å². The molecule has 3 N–H and O–H groups in total. The van der Waals surface area contributed by atoms with Gasteiger partial charge in [0.2, 0.25) is 5.91 Å². The summed E-state index contributed by atoms with van der Waals surface area (Å²) < 4.78 is 14.4. The van der Waals surface area contributed by atoms with Crippen molar-refractivity contribution in [2.45, 2.75) is 6.04 Å². The number of aryl methyl sites for hydroxylation is 1. The van der Waals surface area contributed by atoms with Crippen LogP contribution in [0.15, 0.2) is 36.7 Å². The highest BCUT2D eigenvalue weighted by Crippen LogP contribution is 2.10. The van der Waals surface area contributed by atoms with Crippen LogP contribution >= 0.6 is 0 Å². The zero-order chi connectivity index (χ0) is 17.5. The average molecular weight is 333 g/mol. The summed E-state index contributed by atoms with van der Waals surface area (Å²) in [5, 5.41) is 12.4. The molecule has 2 aromatic rings. The van der Waals surface area contributed by atoms with Crippen molar-refractivity contribution in [3.63, 3.8) is 0 Å². The number of carbonyl (C=O) groups excluding carboxylic acids is 2. The lowest BCUT2D eigenvalue weighted by atomic mass is 10.1. The minimum atomic E-state index is -0.508. The highest BCUT2D eigenvalue weighted by atomic mass is 19.1. The van der Waals surface area contributed by atoms with Crippen molar-refractivity contribution in [1.82, 2.24) is 25.7 Å². The fraction of sp³-hybridized carbons (Fsp3) is 0.312. The van der Waals surface area contributed by atoms with Gasteiger partial charge in [-0.05, 0) is 31.3 Å². The molecule has 0 aliphatic carbocycles. The molecular weight excluding hydrogens is 313 g/mol. The Hall–Kier alpha value is -2.74. The van der Waals surface area contributed by atoms with Crippen molar-refractivity contribution >= 4 is 11.8 Å². The third-order valence-electron chi connectivity index (χ3n) is 3.43. The third kappa shape index (κ3) is 4.63. The predicted molar refractivity (Wildman–Crippen MR) is 86.8 cm³/mol. The molecule has 0 aliphatic heterocycles. The first-order valence-electron chi connectivity index (χ1n) is 7.48. The molecule has 0 spiro atoms. The van der Waals surface area contributed by atoms with E-state index in [1.54, 1.807) is 31.2 Å².